The molecule has 1 aromatic carbocycles. The van der Waals surface area contributed by atoms with Crippen molar-refractivity contribution in [3.8, 4) is 5.75 Å². The van der Waals surface area contributed by atoms with Crippen molar-refractivity contribution in [3.05, 3.63) is 29.3 Å². The number of benzene rings is 1. The summed E-state index contributed by atoms with van der Waals surface area (Å²) in [4.78, 5) is 17.1. The maximum atomic E-state index is 12.8. The summed E-state index contributed by atoms with van der Waals surface area (Å²) in [7, 11) is 1.69. The van der Waals surface area contributed by atoms with E-state index in [1.807, 2.05) is 11.0 Å². The molecule has 0 radical (unpaired) electrons. The van der Waals surface area contributed by atoms with Gasteiger partial charge in [0.05, 0.1) is 13.7 Å². The zero-order valence-electron chi connectivity index (χ0n) is 14.1. The van der Waals surface area contributed by atoms with Gasteiger partial charge < -0.3 is 14.4 Å². The van der Waals surface area contributed by atoms with Crippen molar-refractivity contribution in [1.82, 2.24) is 9.80 Å². The van der Waals surface area contributed by atoms with E-state index in [2.05, 4.69) is 24.0 Å². The normalized spacial score (nSPS) is 22.3. The number of rotatable bonds is 3. The molecule has 2 heterocycles. The second kappa shape index (κ2) is 7.32. The molecule has 5 heteroatoms. The van der Waals surface area contributed by atoms with Gasteiger partial charge in [-0.15, -0.1) is 0 Å². The van der Waals surface area contributed by atoms with Crippen LogP contribution in [0.2, 0.25) is 0 Å². The number of hydrogen-bond donors (Lipinski definition) is 0. The van der Waals surface area contributed by atoms with Gasteiger partial charge >= 0.3 is 0 Å². The van der Waals surface area contributed by atoms with Gasteiger partial charge in [-0.05, 0) is 42.6 Å². The van der Waals surface area contributed by atoms with Crippen LogP contribution in [0.1, 0.15) is 24.5 Å². The Bertz CT molecular complexity index is 561. The fourth-order valence-electron chi connectivity index (χ4n) is 3.39. The molecule has 1 amide bonds. The summed E-state index contributed by atoms with van der Waals surface area (Å²) in [5.41, 5.74) is 2.51. The lowest BCUT2D eigenvalue weighted by Crippen LogP contribution is -2.50. The summed E-state index contributed by atoms with van der Waals surface area (Å²) in [6.45, 7) is 6.83. The largest absolute Gasteiger partial charge is 0.497 e. The Morgan fingerprint density at radius 2 is 2.22 bits per heavy atom. The highest BCUT2D eigenvalue weighted by Crippen LogP contribution is 2.24. The molecular weight excluding hydrogens is 292 g/mol. The van der Waals surface area contributed by atoms with Crippen molar-refractivity contribution in [2.45, 2.75) is 32.4 Å². The van der Waals surface area contributed by atoms with E-state index >= 15 is 0 Å². The van der Waals surface area contributed by atoms with Crippen LogP contribution in [0, 0.1) is 0 Å². The summed E-state index contributed by atoms with van der Waals surface area (Å²) in [5.74, 6) is 1.02. The molecule has 0 aromatic heterocycles. The maximum absolute atomic E-state index is 12.8. The van der Waals surface area contributed by atoms with E-state index in [9.17, 15) is 4.79 Å². The lowest BCUT2D eigenvalue weighted by molar-refractivity contribution is -0.150. The van der Waals surface area contributed by atoms with Gasteiger partial charge in [0.15, 0.2) is 0 Å². The van der Waals surface area contributed by atoms with Crippen LogP contribution in [-0.2, 0) is 22.5 Å². The molecule has 1 atom stereocenters. The van der Waals surface area contributed by atoms with Crippen LogP contribution in [0.4, 0.5) is 0 Å². The van der Waals surface area contributed by atoms with E-state index in [4.69, 9.17) is 9.47 Å². The van der Waals surface area contributed by atoms with Crippen molar-refractivity contribution in [3.63, 3.8) is 0 Å². The molecule has 0 N–H and O–H groups in total. The summed E-state index contributed by atoms with van der Waals surface area (Å²) in [5, 5.41) is 0. The van der Waals surface area contributed by atoms with Crippen LogP contribution < -0.4 is 4.74 Å². The number of likely N-dealkylation sites (N-methyl/N-ethyl adjacent to an activating group) is 1. The Hall–Kier alpha value is -1.59. The smallest absolute Gasteiger partial charge is 0.253 e. The molecule has 1 saturated heterocycles. The molecule has 0 saturated carbocycles. The third-order valence-electron chi connectivity index (χ3n) is 4.83. The van der Waals surface area contributed by atoms with Gasteiger partial charge in [-0.2, -0.15) is 0 Å². The quantitative estimate of drug-likeness (QED) is 0.850. The molecule has 5 nitrogen and oxygen atoms in total. The third-order valence-corrected chi connectivity index (χ3v) is 4.83. The minimum Gasteiger partial charge on any atom is -0.497 e. The van der Waals surface area contributed by atoms with Crippen LogP contribution >= 0.6 is 0 Å². The number of carbonyl (C=O) groups excluding carboxylic acids is 1. The van der Waals surface area contributed by atoms with Gasteiger partial charge in [-0.1, -0.05) is 13.0 Å². The minimum atomic E-state index is -0.316. The van der Waals surface area contributed by atoms with E-state index in [0.29, 0.717) is 19.7 Å². The number of hydrogen-bond acceptors (Lipinski definition) is 4. The van der Waals surface area contributed by atoms with Gasteiger partial charge in [-0.3, -0.25) is 9.69 Å². The Morgan fingerprint density at radius 3 is 3.00 bits per heavy atom. The van der Waals surface area contributed by atoms with Crippen LogP contribution in [0.25, 0.3) is 0 Å². The first-order valence-corrected chi connectivity index (χ1v) is 8.49. The number of fused-ring (bicyclic) bond motifs is 1. The molecule has 126 valence electrons. The zero-order chi connectivity index (χ0) is 16.2. The number of methoxy groups -OCH3 is 1. The lowest BCUT2D eigenvalue weighted by Gasteiger charge is -2.34. The Morgan fingerprint density at radius 1 is 1.35 bits per heavy atom. The standard InChI is InChI=1S/C18H26N2O3/c1-3-19-9-10-23-17(13-19)18(21)20-8-4-5-14-11-16(22-2)7-6-15(14)12-20/h6-7,11,17H,3-5,8-10,12-13H2,1-2H3/t17-/m1/s1. The average Bonchev–Trinajstić information content (AvgIpc) is 2.82. The highest BCUT2D eigenvalue weighted by Gasteiger charge is 2.30. The molecule has 0 bridgehead atoms. The summed E-state index contributed by atoms with van der Waals surface area (Å²) in [6.07, 6.45) is 1.66. The number of nitrogens with zero attached hydrogens (tertiary/aromatic N) is 2. The van der Waals surface area contributed by atoms with Gasteiger partial charge in [0.1, 0.15) is 11.9 Å². The molecule has 1 fully saturated rings. The molecule has 23 heavy (non-hydrogen) atoms. The predicted octanol–water partition coefficient (Wildman–Crippen LogP) is 1.69. The number of carbonyl (C=O) groups is 1. The Labute approximate surface area is 138 Å². The van der Waals surface area contributed by atoms with E-state index < -0.39 is 0 Å². The minimum absolute atomic E-state index is 0.131. The van der Waals surface area contributed by atoms with E-state index in [1.165, 1.54) is 11.1 Å². The van der Waals surface area contributed by atoms with Crippen molar-refractivity contribution < 1.29 is 14.3 Å². The maximum Gasteiger partial charge on any atom is 0.253 e. The first-order valence-electron chi connectivity index (χ1n) is 8.49. The monoisotopic (exact) mass is 318 g/mol. The number of morpholine rings is 1. The molecule has 3 rings (SSSR count). The van der Waals surface area contributed by atoms with Gasteiger partial charge in [0, 0.05) is 26.2 Å². The van der Waals surface area contributed by atoms with E-state index in [1.54, 1.807) is 7.11 Å². The zero-order valence-corrected chi connectivity index (χ0v) is 14.1. The lowest BCUT2D eigenvalue weighted by atomic mass is 10.0. The van der Waals surface area contributed by atoms with Crippen molar-refractivity contribution >= 4 is 5.91 Å². The topological polar surface area (TPSA) is 42.0 Å². The summed E-state index contributed by atoms with van der Waals surface area (Å²) in [6, 6.07) is 6.15. The Balaban J connectivity index is 1.71. The first-order chi connectivity index (χ1) is 11.2. The fraction of sp³-hybridized carbons (Fsp3) is 0.611. The summed E-state index contributed by atoms with van der Waals surface area (Å²) >= 11 is 0. The number of aryl methyl sites for hydroxylation is 1. The molecule has 0 unspecified atom stereocenters. The van der Waals surface area contributed by atoms with E-state index in [-0.39, 0.29) is 12.0 Å². The van der Waals surface area contributed by atoms with Crippen LogP contribution in [0.15, 0.2) is 18.2 Å². The number of amides is 1. The van der Waals surface area contributed by atoms with Crippen molar-refractivity contribution in [2.24, 2.45) is 0 Å². The molecule has 0 spiro atoms. The second-order valence-corrected chi connectivity index (χ2v) is 6.25. The van der Waals surface area contributed by atoms with Crippen LogP contribution in [0.5, 0.6) is 5.75 Å². The summed E-state index contributed by atoms with van der Waals surface area (Å²) < 4.78 is 11.0. The predicted molar refractivity (Wildman–Crippen MR) is 88.6 cm³/mol. The second-order valence-electron chi connectivity index (χ2n) is 6.25. The van der Waals surface area contributed by atoms with Gasteiger partial charge in [0.2, 0.25) is 0 Å². The van der Waals surface area contributed by atoms with Gasteiger partial charge in [0.25, 0.3) is 5.91 Å². The molecule has 2 aliphatic rings. The van der Waals surface area contributed by atoms with Gasteiger partial charge in [-0.25, -0.2) is 0 Å². The third kappa shape index (κ3) is 3.67. The van der Waals surface area contributed by atoms with Crippen molar-refractivity contribution in [2.75, 3.05) is 39.9 Å². The van der Waals surface area contributed by atoms with Crippen molar-refractivity contribution in [1.29, 1.82) is 0 Å². The highest BCUT2D eigenvalue weighted by atomic mass is 16.5. The molecule has 1 aromatic rings. The van der Waals surface area contributed by atoms with Crippen LogP contribution in [-0.4, -0.2) is 61.7 Å². The molecule has 0 aliphatic carbocycles. The Kier molecular flexibility index (Phi) is 5.18. The number of ether oxygens (including phenoxy) is 2. The first kappa shape index (κ1) is 16.3. The van der Waals surface area contributed by atoms with Crippen LogP contribution in [0.3, 0.4) is 0 Å². The highest BCUT2D eigenvalue weighted by molar-refractivity contribution is 5.81. The van der Waals surface area contributed by atoms with E-state index in [0.717, 1.165) is 38.2 Å². The average molecular weight is 318 g/mol. The fourth-order valence-corrected chi connectivity index (χ4v) is 3.39. The molecule has 2 aliphatic heterocycles. The molecular formula is C18H26N2O3. The SMILES string of the molecule is CCN1CCO[C@@H](C(=O)N2CCCc3cc(OC)ccc3C2)C1.